The smallest absolute Gasteiger partial charge is 0.230 e. The fourth-order valence-electron chi connectivity index (χ4n) is 5.08. The molecule has 0 radical (unpaired) electrons. The number of likely N-dealkylation sites (tertiary alicyclic amines) is 1. The number of thiophene rings is 1. The van der Waals surface area contributed by atoms with Crippen LogP contribution < -0.4 is 5.32 Å². The minimum absolute atomic E-state index is 0.0649. The molecule has 1 N–H and O–H groups in total. The second-order valence-electron chi connectivity index (χ2n) is 8.26. The minimum Gasteiger partial charge on any atom is -0.379 e. The van der Waals surface area contributed by atoms with Crippen molar-refractivity contribution >= 4 is 23.2 Å². The summed E-state index contributed by atoms with van der Waals surface area (Å²) in [6, 6.07) is 3.97. The molecule has 0 saturated carbocycles. The third kappa shape index (κ3) is 3.52. The topological polar surface area (TPSA) is 71.1 Å². The Balaban J connectivity index is 1.20. The van der Waals surface area contributed by atoms with Crippen LogP contribution in [0.1, 0.15) is 11.3 Å². The predicted octanol–water partition coefficient (Wildman–Crippen LogP) is 0.869. The number of carbonyl (C=O) groups excluding carboxylic acids is 2. The van der Waals surface area contributed by atoms with Crippen molar-refractivity contribution < 1.29 is 19.1 Å². The van der Waals surface area contributed by atoms with Gasteiger partial charge in [-0.2, -0.15) is 0 Å². The largest absolute Gasteiger partial charge is 0.379 e. The minimum atomic E-state index is -0.619. The second kappa shape index (κ2) is 7.83. The van der Waals surface area contributed by atoms with Gasteiger partial charge in [-0.3, -0.25) is 14.5 Å². The maximum atomic E-state index is 13.2. The number of fused-ring (bicyclic) bond motifs is 1. The van der Waals surface area contributed by atoms with Gasteiger partial charge < -0.3 is 19.7 Å². The molecule has 2 bridgehead atoms. The van der Waals surface area contributed by atoms with Crippen molar-refractivity contribution in [3.8, 4) is 0 Å². The van der Waals surface area contributed by atoms with Crippen LogP contribution in [0.15, 0.2) is 29.7 Å². The van der Waals surface area contributed by atoms with Gasteiger partial charge in [0.05, 0.1) is 44.2 Å². The molecule has 7 nitrogen and oxygen atoms in total. The van der Waals surface area contributed by atoms with Gasteiger partial charge in [0.25, 0.3) is 0 Å². The van der Waals surface area contributed by atoms with Crippen LogP contribution in [-0.4, -0.2) is 79.3 Å². The van der Waals surface area contributed by atoms with E-state index in [1.807, 2.05) is 34.6 Å². The van der Waals surface area contributed by atoms with Gasteiger partial charge in [-0.25, -0.2) is 0 Å². The highest BCUT2D eigenvalue weighted by Gasteiger charge is 2.66. The number of carbonyl (C=O) groups is 2. The van der Waals surface area contributed by atoms with E-state index in [0.717, 1.165) is 44.1 Å². The van der Waals surface area contributed by atoms with Crippen molar-refractivity contribution in [1.82, 2.24) is 15.1 Å². The average molecular weight is 418 g/mol. The molecule has 1 aromatic rings. The second-order valence-corrected chi connectivity index (χ2v) is 9.30. The number of amides is 2. The van der Waals surface area contributed by atoms with Gasteiger partial charge in [0.2, 0.25) is 11.8 Å². The molecular formula is C21H27N3O4S. The number of rotatable bonds is 7. The molecule has 1 aromatic heterocycles. The molecule has 5 rings (SSSR count). The Morgan fingerprint density at radius 2 is 2.17 bits per heavy atom. The van der Waals surface area contributed by atoms with Crippen molar-refractivity contribution in [2.24, 2.45) is 11.8 Å². The molecule has 1 spiro atoms. The van der Waals surface area contributed by atoms with E-state index in [0.29, 0.717) is 19.6 Å². The first-order chi connectivity index (χ1) is 14.2. The Morgan fingerprint density at radius 1 is 1.31 bits per heavy atom. The number of nitrogens with one attached hydrogen (secondary N) is 1. The van der Waals surface area contributed by atoms with E-state index in [-0.39, 0.29) is 17.9 Å². The molecule has 0 aromatic carbocycles. The van der Waals surface area contributed by atoms with E-state index in [9.17, 15) is 9.59 Å². The highest BCUT2D eigenvalue weighted by Crippen LogP contribution is 2.51. The van der Waals surface area contributed by atoms with E-state index < -0.39 is 17.4 Å². The van der Waals surface area contributed by atoms with Crippen LogP contribution in [0.25, 0.3) is 0 Å². The van der Waals surface area contributed by atoms with Gasteiger partial charge in [-0.15, -0.1) is 11.3 Å². The van der Waals surface area contributed by atoms with E-state index in [1.54, 1.807) is 11.3 Å². The molecule has 4 atom stereocenters. The van der Waals surface area contributed by atoms with Crippen LogP contribution >= 0.6 is 11.3 Å². The summed E-state index contributed by atoms with van der Waals surface area (Å²) in [5.41, 5.74) is -0.619. The zero-order chi connectivity index (χ0) is 19.8. The van der Waals surface area contributed by atoms with Gasteiger partial charge in [0.15, 0.2) is 0 Å². The molecule has 3 saturated heterocycles. The predicted molar refractivity (Wildman–Crippen MR) is 108 cm³/mol. The molecule has 4 aliphatic rings. The van der Waals surface area contributed by atoms with E-state index in [1.165, 1.54) is 0 Å². The molecular weight excluding hydrogens is 390 g/mol. The van der Waals surface area contributed by atoms with Crippen LogP contribution in [0, 0.1) is 11.8 Å². The van der Waals surface area contributed by atoms with Crippen LogP contribution in [0.3, 0.4) is 0 Å². The maximum absolute atomic E-state index is 13.2. The number of ether oxygens (including phenoxy) is 2. The lowest BCUT2D eigenvalue weighted by atomic mass is 9.77. The molecule has 4 aliphatic heterocycles. The lowest BCUT2D eigenvalue weighted by Crippen LogP contribution is -2.44. The summed E-state index contributed by atoms with van der Waals surface area (Å²) < 4.78 is 11.6. The monoisotopic (exact) mass is 417 g/mol. The Bertz CT molecular complexity index is 792. The molecule has 156 valence electrons. The van der Waals surface area contributed by atoms with Crippen molar-refractivity contribution in [2.75, 3.05) is 45.9 Å². The average Bonchev–Trinajstić information content (AvgIpc) is 3.50. The zero-order valence-electron chi connectivity index (χ0n) is 16.4. The van der Waals surface area contributed by atoms with Crippen molar-refractivity contribution in [3.05, 3.63) is 34.5 Å². The van der Waals surface area contributed by atoms with E-state index in [2.05, 4.69) is 10.2 Å². The Hall–Kier alpha value is -1.74. The fourth-order valence-corrected chi connectivity index (χ4v) is 5.73. The third-order valence-electron chi connectivity index (χ3n) is 6.50. The Morgan fingerprint density at radius 3 is 2.97 bits per heavy atom. The lowest BCUT2D eigenvalue weighted by molar-refractivity contribution is -0.137. The summed E-state index contributed by atoms with van der Waals surface area (Å²) in [4.78, 5) is 31.5. The molecule has 2 amide bonds. The summed E-state index contributed by atoms with van der Waals surface area (Å²) in [7, 11) is 0. The van der Waals surface area contributed by atoms with Crippen LogP contribution in [-0.2, 0) is 25.6 Å². The van der Waals surface area contributed by atoms with Crippen LogP contribution in [0.2, 0.25) is 0 Å². The molecule has 5 heterocycles. The van der Waals surface area contributed by atoms with Gasteiger partial charge in [0, 0.05) is 31.1 Å². The SMILES string of the molecule is O=C(NCc1cccs1)[C@@H]1[C@H]2C=C[C@@]3(CN(CCCN4CCOCC4)C(=O)[C@@H]13)O2. The number of hydrogen-bond acceptors (Lipinski definition) is 6. The summed E-state index contributed by atoms with van der Waals surface area (Å²) in [5, 5.41) is 5.01. The fraction of sp³-hybridized carbons (Fsp3) is 0.619. The quantitative estimate of drug-likeness (QED) is 0.667. The summed E-state index contributed by atoms with van der Waals surface area (Å²) in [6.45, 7) is 6.23. The number of nitrogens with zero attached hydrogens (tertiary/aromatic N) is 2. The van der Waals surface area contributed by atoms with Gasteiger partial charge in [0.1, 0.15) is 5.60 Å². The molecule has 0 aliphatic carbocycles. The Labute approximate surface area is 174 Å². The number of hydrogen-bond donors (Lipinski definition) is 1. The highest BCUT2D eigenvalue weighted by atomic mass is 32.1. The first-order valence-corrected chi connectivity index (χ1v) is 11.3. The maximum Gasteiger partial charge on any atom is 0.230 e. The van der Waals surface area contributed by atoms with Gasteiger partial charge >= 0.3 is 0 Å². The number of morpholine rings is 1. The standard InChI is InChI=1S/C21H27N3O4S/c25-19(22-13-15-3-1-12-29-15)17-16-4-5-21(28-16)14-24(20(26)18(17)21)7-2-6-23-8-10-27-11-9-23/h1,3-5,12,16-18H,2,6-11,13-14H2,(H,22,25)/t16-,17-,18-,21+/m1/s1. The van der Waals surface area contributed by atoms with Crippen LogP contribution in [0.4, 0.5) is 0 Å². The van der Waals surface area contributed by atoms with E-state index in [4.69, 9.17) is 9.47 Å². The highest BCUT2D eigenvalue weighted by molar-refractivity contribution is 7.09. The lowest BCUT2D eigenvalue weighted by Gasteiger charge is -2.27. The molecule has 29 heavy (non-hydrogen) atoms. The van der Waals surface area contributed by atoms with Crippen molar-refractivity contribution in [3.63, 3.8) is 0 Å². The third-order valence-corrected chi connectivity index (χ3v) is 7.38. The van der Waals surface area contributed by atoms with Gasteiger partial charge in [-0.05, 0) is 17.9 Å². The zero-order valence-corrected chi connectivity index (χ0v) is 17.2. The molecule has 0 unspecified atom stereocenters. The van der Waals surface area contributed by atoms with Crippen LogP contribution in [0.5, 0.6) is 0 Å². The molecule has 3 fully saturated rings. The Kier molecular flexibility index (Phi) is 5.19. The summed E-state index contributed by atoms with van der Waals surface area (Å²) in [6.07, 6.45) is 4.63. The van der Waals surface area contributed by atoms with Crippen molar-refractivity contribution in [1.29, 1.82) is 0 Å². The normalized spacial score (nSPS) is 33.4. The first-order valence-electron chi connectivity index (χ1n) is 10.4. The molecule has 8 heteroatoms. The first kappa shape index (κ1) is 19.2. The summed E-state index contributed by atoms with van der Waals surface area (Å²) in [5.74, 6) is -0.848. The van der Waals surface area contributed by atoms with E-state index >= 15 is 0 Å². The summed E-state index contributed by atoms with van der Waals surface area (Å²) >= 11 is 1.62. The van der Waals surface area contributed by atoms with Gasteiger partial charge in [-0.1, -0.05) is 18.2 Å². The van der Waals surface area contributed by atoms with Crippen molar-refractivity contribution in [2.45, 2.75) is 24.7 Å².